The van der Waals surface area contributed by atoms with Gasteiger partial charge in [-0.25, -0.2) is 0 Å². The molecule has 0 saturated heterocycles. The molecule has 0 aliphatic carbocycles. The molecule has 1 aromatic carbocycles. The molecule has 6 heteroatoms. The monoisotopic (exact) mass is 308 g/mol. The first-order valence-electron chi connectivity index (χ1n) is 6.82. The van der Waals surface area contributed by atoms with Crippen LogP contribution in [0.4, 0.5) is 0 Å². The molecule has 1 aromatic rings. The zero-order valence-corrected chi connectivity index (χ0v) is 12.7. The number of hydrogen-bond acceptors (Lipinski definition) is 3. The molecular formula is C15H17ClN2O3. The Bertz CT molecular complexity index is 599. The molecule has 0 unspecified atom stereocenters. The molecule has 0 spiro atoms. The van der Waals surface area contributed by atoms with Crippen molar-refractivity contribution in [2.24, 2.45) is 5.92 Å². The number of carbonyl (C=O) groups is 3. The second-order valence-corrected chi connectivity index (χ2v) is 5.84. The summed E-state index contributed by atoms with van der Waals surface area (Å²) in [6.07, 6.45) is 0.103. The van der Waals surface area contributed by atoms with Crippen LogP contribution in [0.3, 0.4) is 0 Å². The van der Waals surface area contributed by atoms with Gasteiger partial charge in [0.25, 0.3) is 11.8 Å². The van der Waals surface area contributed by atoms with Crippen LogP contribution in [0.2, 0.25) is 5.02 Å². The maximum atomic E-state index is 12.2. The maximum absolute atomic E-state index is 12.2. The largest absolute Gasteiger partial charge is 0.356 e. The molecule has 1 N–H and O–H groups in total. The lowest BCUT2D eigenvalue weighted by atomic mass is 10.1. The molecule has 1 heterocycles. The van der Waals surface area contributed by atoms with Gasteiger partial charge in [-0.1, -0.05) is 25.4 Å². The molecule has 5 nitrogen and oxygen atoms in total. The predicted octanol–water partition coefficient (Wildman–Crippen LogP) is 2.10. The third kappa shape index (κ3) is 3.42. The number of benzene rings is 1. The van der Waals surface area contributed by atoms with E-state index in [9.17, 15) is 14.4 Å². The normalized spacial score (nSPS) is 13.8. The van der Waals surface area contributed by atoms with Crippen LogP contribution in [0.1, 0.15) is 41.0 Å². The molecule has 1 aliphatic heterocycles. The first-order valence-corrected chi connectivity index (χ1v) is 7.20. The highest BCUT2D eigenvalue weighted by Gasteiger charge is 2.35. The van der Waals surface area contributed by atoms with Crippen LogP contribution in [0.15, 0.2) is 18.2 Å². The van der Waals surface area contributed by atoms with Crippen molar-refractivity contribution in [1.29, 1.82) is 0 Å². The average molecular weight is 309 g/mol. The summed E-state index contributed by atoms with van der Waals surface area (Å²) in [7, 11) is 0. The molecule has 0 atom stereocenters. The van der Waals surface area contributed by atoms with Crippen LogP contribution in [0, 0.1) is 5.92 Å². The van der Waals surface area contributed by atoms with Crippen molar-refractivity contribution < 1.29 is 14.4 Å². The Morgan fingerprint density at radius 2 is 1.90 bits per heavy atom. The van der Waals surface area contributed by atoms with Gasteiger partial charge < -0.3 is 5.32 Å². The number of amides is 3. The van der Waals surface area contributed by atoms with E-state index in [4.69, 9.17) is 11.6 Å². The summed E-state index contributed by atoms with van der Waals surface area (Å²) in [6, 6.07) is 4.59. The van der Waals surface area contributed by atoms with Gasteiger partial charge in [0.05, 0.1) is 11.1 Å². The van der Waals surface area contributed by atoms with Gasteiger partial charge in [0, 0.05) is 24.5 Å². The van der Waals surface area contributed by atoms with Crippen molar-refractivity contribution in [3.05, 3.63) is 34.3 Å². The second kappa shape index (κ2) is 6.26. The third-order valence-electron chi connectivity index (χ3n) is 3.20. The van der Waals surface area contributed by atoms with E-state index in [2.05, 4.69) is 5.32 Å². The Morgan fingerprint density at radius 1 is 1.24 bits per heavy atom. The number of hydrogen-bond donors (Lipinski definition) is 1. The Labute approximate surface area is 128 Å². The van der Waals surface area contributed by atoms with Crippen molar-refractivity contribution >= 4 is 29.3 Å². The zero-order chi connectivity index (χ0) is 15.6. The van der Waals surface area contributed by atoms with Crippen LogP contribution in [-0.2, 0) is 4.79 Å². The molecule has 3 amide bonds. The van der Waals surface area contributed by atoms with Gasteiger partial charge in [-0.15, -0.1) is 0 Å². The van der Waals surface area contributed by atoms with Gasteiger partial charge in [-0.05, 0) is 24.1 Å². The Hall–Kier alpha value is -1.88. The summed E-state index contributed by atoms with van der Waals surface area (Å²) in [6.45, 7) is 4.65. The second-order valence-electron chi connectivity index (χ2n) is 5.40. The zero-order valence-electron chi connectivity index (χ0n) is 12.0. The van der Waals surface area contributed by atoms with Crippen molar-refractivity contribution in [2.45, 2.75) is 20.3 Å². The maximum Gasteiger partial charge on any atom is 0.261 e. The van der Waals surface area contributed by atoms with Gasteiger partial charge in [-0.2, -0.15) is 0 Å². The van der Waals surface area contributed by atoms with Gasteiger partial charge >= 0.3 is 0 Å². The van der Waals surface area contributed by atoms with Crippen LogP contribution < -0.4 is 5.32 Å². The summed E-state index contributed by atoms with van der Waals surface area (Å²) in [5.41, 5.74) is 0.641. The third-order valence-corrected chi connectivity index (χ3v) is 3.44. The highest BCUT2D eigenvalue weighted by molar-refractivity contribution is 6.32. The lowest BCUT2D eigenvalue weighted by Gasteiger charge is -2.14. The van der Waals surface area contributed by atoms with Crippen molar-refractivity contribution in [1.82, 2.24) is 10.2 Å². The van der Waals surface area contributed by atoms with Gasteiger partial charge in [0.15, 0.2) is 0 Å². The summed E-state index contributed by atoms with van der Waals surface area (Å²) in [4.78, 5) is 37.0. The molecule has 0 aromatic heterocycles. The summed E-state index contributed by atoms with van der Waals surface area (Å²) in [5, 5.41) is 3.17. The lowest BCUT2D eigenvalue weighted by molar-refractivity contribution is -0.121. The van der Waals surface area contributed by atoms with E-state index in [1.165, 1.54) is 12.1 Å². The number of rotatable bonds is 5. The number of halogens is 1. The minimum Gasteiger partial charge on any atom is -0.356 e. The van der Waals surface area contributed by atoms with Crippen molar-refractivity contribution in [3.63, 3.8) is 0 Å². The Kier molecular flexibility index (Phi) is 4.63. The fourth-order valence-electron chi connectivity index (χ4n) is 2.09. The van der Waals surface area contributed by atoms with Crippen LogP contribution in [-0.4, -0.2) is 35.7 Å². The molecule has 0 fully saturated rings. The predicted molar refractivity (Wildman–Crippen MR) is 79.3 cm³/mol. The minimum absolute atomic E-state index is 0.0773. The van der Waals surface area contributed by atoms with E-state index in [-0.39, 0.29) is 24.8 Å². The first kappa shape index (κ1) is 15.5. The first-order chi connectivity index (χ1) is 9.90. The summed E-state index contributed by atoms with van der Waals surface area (Å²) in [5.74, 6) is -0.578. The van der Waals surface area contributed by atoms with Crippen LogP contribution in [0.5, 0.6) is 0 Å². The number of nitrogens with zero attached hydrogens (tertiary/aromatic N) is 1. The topological polar surface area (TPSA) is 66.5 Å². The molecule has 0 radical (unpaired) electrons. The number of carbonyl (C=O) groups excluding carboxylic acids is 3. The Morgan fingerprint density at radius 3 is 2.57 bits per heavy atom. The highest BCUT2D eigenvalue weighted by atomic mass is 35.5. The molecule has 112 valence electrons. The van der Waals surface area contributed by atoms with E-state index < -0.39 is 5.91 Å². The molecular weight excluding hydrogens is 292 g/mol. The van der Waals surface area contributed by atoms with Gasteiger partial charge in [0.1, 0.15) is 0 Å². The standard InChI is InChI=1S/C15H17ClN2O3/c1-9(2)8-17-13(19)5-6-18-14(20)11-4-3-10(16)7-12(11)15(18)21/h3-4,7,9H,5-6,8H2,1-2H3,(H,17,19). The van der Waals surface area contributed by atoms with Crippen LogP contribution in [0.25, 0.3) is 0 Å². The Balaban J connectivity index is 1.99. The smallest absolute Gasteiger partial charge is 0.261 e. The quantitative estimate of drug-likeness (QED) is 0.847. The fraction of sp³-hybridized carbons (Fsp3) is 0.400. The number of fused-ring (bicyclic) bond motifs is 1. The van der Waals surface area contributed by atoms with E-state index in [1.54, 1.807) is 6.07 Å². The fourth-order valence-corrected chi connectivity index (χ4v) is 2.26. The molecule has 2 rings (SSSR count). The highest BCUT2D eigenvalue weighted by Crippen LogP contribution is 2.25. The van der Waals surface area contributed by atoms with E-state index in [0.29, 0.717) is 28.6 Å². The number of imide groups is 1. The van der Waals surface area contributed by atoms with Crippen LogP contribution >= 0.6 is 11.6 Å². The average Bonchev–Trinajstić information content (AvgIpc) is 2.66. The lowest BCUT2D eigenvalue weighted by Crippen LogP contribution is -2.35. The van der Waals surface area contributed by atoms with E-state index >= 15 is 0 Å². The van der Waals surface area contributed by atoms with Crippen molar-refractivity contribution in [3.8, 4) is 0 Å². The molecule has 21 heavy (non-hydrogen) atoms. The summed E-state index contributed by atoms with van der Waals surface area (Å²) < 4.78 is 0. The van der Waals surface area contributed by atoms with Crippen molar-refractivity contribution in [2.75, 3.05) is 13.1 Å². The van der Waals surface area contributed by atoms with Gasteiger partial charge in [-0.3, -0.25) is 19.3 Å². The minimum atomic E-state index is -0.394. The molecule has 0 saturated carbocycles. The SMILES string of the molecule is CC(C)CNC(=O)CCN1C(=O)c2ccc(Cl)cc2C1=O. The number of nitrogens with one attached hydrogen (secondary N) is 1. The van der Waals surface area contributed by atoms with Gasteiger partial charge in [0.2, 0.25) is 5.91 Å². The van der Waals surface area contributed by atoms with E-state index in [1.807, 2.05) is 13.8 Å². The molecule has 1 aliphatic rings. The summed E-state index contributed by atoms with van der Waals surface area (Å²) >= 11 is 5.84. The van der Waals surface area contributed by atoms with E-state index in [0.717, 1.165) is 4.90 Å². The molecule has 0 bridgehead atoms.